The molecule has 0 aliphatic carbocycles. The summed E-state index contributed by atoms with van der Waals surface area (Å²) in [5.41, 5.74) is 0.430. The van der Waals surface area contributed by atoms with Crippen LogP contribution in [-0.2, 0) is 16.1 Å². The normalized spacial score (nSPS) is 14.9. The van der Waals surface area contributed by atoms with Crippen LogP contribution in [0.1, 0.15) is 19.4 Å². The van der Waals surface area contributed by atoms with Gasteiger partial charge in [-0.3, -0.25) is 19.4 Å². The lowest BCUT2D eigenvalue weighted by atomic mass is 10.2. The van der Waals surface area contributed by atoms with Crippen molar-refractivity contribution in [2.75, 3.05) is 13.7 Å². The predicted molar refractivity (Wildman–Crippen MR) is 82.1 cm³/mol. The molecule has 1 aromatic rings. The SMILES string of the molecule is COc1cc(CN2C(=O)C(=O)N(CC(C)C)C2=O)ccc1OC(F)F. The first kappa shape index (κ1) is 18.6. The highest BCUT2D eigenvalue weighted by Gasteiger charge is 2.44. The number of nitrogens with zero attached hydrogens (tertiary/aromatic N) is 2. The van der Waals surface area contributed by atoms with Crippen molar-refractivity contribution in [3.8, 4) is 11.5 Å². The van der Waals surface area contributed by atoms with Crippen molar-refractivity contribution >= 4 is 17.8 Å². The third-order valence-electron chi connectivity index (χ3n) is 3.47. The monoisotopic (exact) mass is 356 g/mol. The van der Waals surface area contributed by atoms with Crippen LogP contribution in [0.5, 0.6) is 11.5 Å². The van der Waals surface area contributed by atoms with Gasteiger partial charge in [0.05, 0.1) is 13.7 Å². The van der Waals surface area contributed by atoms with Gasteiger partial charge in [-0.15, -0.1) is 0 Å². The van der Waals surface area contributed by atoms with Gasteiger partial charge < -0.3 is 9.47 Å². The van der Waals surface area contributed by atoms with Crippen LogP contribution >= 0.6 is 0 Å². The molecule has 0 radical (unpaired) electrons. The molecule has 4 amide bonds. The maximum atomic E-state index is 12.3. The number of benzene rings is 1. The van der Waals surface area contributed by atoms with E-state index in [0.717, 1.165) is 9.80 Å². The summed E-state index contributed by atoms with van der Waals surface area (Å²) in [6, 6.07) is 3.33. The van der Waals surface area contributed by atoms with E-state index in [2.05, 4.69) is 4.74 Å². The fraction of sp³-hybridized carbons (Fsp3) is 0.438. The zero-order chi connectivity index (χ0) is 18.7. The van der Waals surface area contributed by atoms with E-state index in [1.165, 1.54) is 25.3 Å². The van der Waals surface area contributed by atoms with Gasteiger partial charge in [-0.25, -0.2) is 4.79 Å². The van der Waals surface area contributed by atoms with Crippen LogP contribution in [0.2, 0.25) is 0 Å². The Balaban J connectivity index is 2.20. The number of amides is 4. The third kappa shape index (κ3) is 4.04. The standard InChI is InChI=1S/C16H18F2N2O5/c1-9(2)7-19-13(21)14(22)20(16(19)23)8-10-4-5-11(25-15(17)18)12(6-10)24-3/h4-6,9,15H,7-8H2,1-3H3. The molecule has 0 saturated carbocycles. The van der Waals surface area contributed by atoms with Gasteiger partial charge in [-0.2, -0.15) is 8.78 Å². The number of halogens is 2. The fourth-order valence-corrected chi connectivity index (χ4v) is 2.40. The van der Waals surface area contributed by atoms with E-state index in [1.807, 2.05) is 13.8 Å². The van der Waals surface area contributed by atoms with Crippen LogP contribution in [0.15, 0.2) is 18.2 Å². The van der Waals surface area contributed by atoms with Gasteiger partial charge in [0.1, 0.15) is 0 Å². The number of hydrogen-bond acceptors (Lipinski definition) is 5. The molecule has 0 bridgehead atoms. The number of carbonyl (C=O) groups excluding carboxylic acids is 3. The van der Waals surface area contributed by atoms with E-state index < -0.39 is 24.5 Å². The minimum absolute atomic E-state index is 0.0199. The van der Waals surface area contributed by atoms with Crippen LogP contribution in [0.4, 0.5) is 13.6 Å². The highest BCUT2D eigenvalue weighted by Crippen LogP contribution is 2.30. The second-order valence-corrected chi connectivity index (χ2v) is 5.85. The molecule has 1 aliphatic heterocycles. The van der Waals surface area contributed by atoms with Crippen molar-refractivity contribution < 1.29 is 32.6 Å². The van der Waals surface area contributed by atoms with Crippen LogP contribution in [0.3, 0.4) is 0 Å². The van der Waals surface area contributed by atoms with Crippen molar-refractivity contribution in [2.45, 2.75) is 27.0 Å². The summed E-state index contributed by atoms with van der Waals surface area (Å²) in [4.78, 5) is 38.0. The molecule has 9 heteroatoms. The van der Waals surface area contributed by atoms with E-state index in [-0.39, 0.29) is 30.5 Å². The Labute approximate surface area is 143 Å². The van der Waals surface area contributed by atoms with Gasteiger partial charge >= 0.3 is 24.5 Å². The van der Waals surface area contributed by atoms with Gasteiger partial charge in [0.25, 0.3) is 0 Å². The van der Waals surface area contributed by atoms with Crippen LogP contribution in [-0.4, -0.2) is 47.9 Å². The fourth-order valence-electron chi connectivity index (χ4n) is 2.40. The number of ether oxygens (including phenoxy) is 2. The second kappa shape index (κ2) is 7.45. The number of alkyl halides is 2. The Morgan fingerprint density at radius 1 is 1.04 bits per heavy atom. The number of imide groups is 2. The maximum absolute atomic E-state index is 12.3. The molecule has 0 atom stereocenters. The predicted octanol–water partition coefficient (Wildman–Crippen LogP) is 2.24. The summed E-state index contributed by atoms with van der Waals surface area (Å²) in [5.74, 6) is -1.91. The smallest absolute Gasteiger partial charge is 0.387 e. The first-order chi connectivity index (χ1) is 11.7. The summed E-state index contributed by atoms with van der Waals surface area (Å²) in [6.07, 6.45) is 0. The summed E-state index contributed by atoms with van der Waals surface area (Å²) in [5, 5.41) is 0. The zero-order valence-corrected chi connectivity index (χ0v) is 14.0. The number of rotatable bonds is 7. The number of methoxy groups -OCH3 is 1. The van der Waals surface area contributed by atoms with Gasteiger partial charge in [-0.05, 0) is 23.6 Å². The van der Waals surface area contributed by atoms with Gasteiger partial charge in [0, 0.05) is 6.54 Å². The lowest BCUT2D eigenvalue weighted by molar-refractivity contribution is -0.143. The molecule has 2 rings (SSSR count). The molecule has 0 spiro atoms. The van der Waals surface area contributed by atoms with E-state index in [0.29, 0.717) is 5.56 Å². The minimum atomic E-state index is -3.01. The van der Waals surface area contributed by atoms with Crippen molar-refractivity contribution in [1.82, 2.24) is 9.80 Å². The quantitative estimate of drug-likeness (QED) is 0.553. The summed E-state index contributed by atoms with van der Waals surface area (Å²) < 4.78 is 34.0. The van der Waals surface area contributed by atoms with Crippen LogP contribution in [0.25, 0.3) is 0 Å². The maximum Gasteiger partial charge on any atom is 0.387 e. The van der Waals surface area contributed by atoms with Crippen LogP contribution < -0.4 is 9.47 Å². The first-order valence-electron chi connectivity index (χ1n) is 7.53. The molecule has 136 valence electrons. The van der Waals surface area contributed by atoms with Gasteiger partial charge in [0.2, 0.25) is 0 Å². The van der Waals surface area contributed by atoms with Gasteiger partial charge in [0.15, 0.2) is 11.5 Å². The molecular formula is C16H18F2N2O5. The Morgan fingerprint density at radius 3 is 2.24 bits per heavy atom. The molecule has 1 aliphatic rings. The molecule has 1 fully saturated rings. The Morgan fingerprint density at radius 2 is 1.68 bits per heavy atom. The van der Waals surface area contributed by atoms with Gasteiger partial charge in [-0.1, -0.05) is 19.9 Å². The number of carbonyl (C=O) groups is 3. The molecule has 0 aromatic heterocycles. The average Bonchev–Trinajstić information content (AvgIpc) is 2.73. The van der Waals surface area contributed by atoms with E-state index in [4.69, 9.17) is 4.74 Å². The topological polar surface area (TPSA) is 76.2 Å². The molecule has 7 nitrogen and oxygen atoms in total. The highest BCUT2D eigenvalue weighted by atomic mass is 19.3. The second-order valence-electron chi connectivity index (χ2n) is 5.85. The Hall–Kier alpha value is -2.71. The average molecular weight is 356 g/mol. The highest BCUT2D eigenvalue weighted by molar-refractivity contribution is 6.44. The van der Waals surface area contributed by atoms with Crippen molar-refractivity contribution in [3.63, 3.8) is 0 Å². The van der Waals surface area contributed by atoms with Crippen molar-refractivity contribution in [1.29, 1.82) is 0 Å². The summed E-state index contributed by atoms with van der Waals surface area (Å²) >= 11 is 0. The minimum Gasteiger partial charge on any atom is -0.493 e. The third-order valence-corrected chi connectivity index (χ3v) is 3.47. The molecule has 1 saturated heterocycles. The zero-order valence-electron chi connectivity index (χ0n) is 14.0. The number of hydrogen-bond donors (Lipinski definition) is 0. The Bertz CT molecular complexity index is 693. The number of urea groups is 1. The molecule has 25 heavy (non-hydrogen) atoms. The van der Waals surface area contributed by atoms with Crippen LogP contribution in [0, 0.1) is 5.92 Å². The molecule has 0 unspecified atom stereocenters. The summed E-state index contributed by atoms with van der Waals surface area (Å²) in [7, 11) is 1.28. The molecule has 1 aromatic carbocycles. The largest absolute Gasteiger partial charge is 0.493 e. The molecular weight excluding hydrogens is 338 g/mol. The lowest BCUT2D eigenvalue weighted by Gasteiger charge is -2.17. The molecule has 1 heterocycles. The molecule has 0 N–H and O–H groups in total. The van der Waals surface area contributed by atoms with E-state index >= 15 is 0 Å². The first-order valence-corrected chi connectivity index (χ1v) is 7.53. The van der Waals surface area contributed by atoms with E-state index in [1.54, 1.807) is 0 Å². The Kier molecular flexibility index (Phi) is 5.55. The lowest BCUT2D eigenvalue weighted by Crippen LogP contribution is -2.35. The van der Waals surface area contributed by atoms with Crippen molar-refractivity contribution in [2.24, 2.45) is 5.92 Å². The summed E-state index contributed by atoms with van der Waals surface area (Å²) in [6.45, 7) is 0.595. The van der Waals surface area contributed by atoms with E-state index in [9.17, 15) is 23.2 Å². The van der Waals surface area contributed by atoms with Crippen molar-refractivity contribution in [3.05, 3.63) is 23.8 Å².